The predicted molar refractivity (Wildman–Crippen MR) is 85.6 cm³/mol. The standard InChI is InChI=1S/C16H25NO3S/c1-4-17-15-9-8-14-13(15)6-5-7-16(14)20-10-11-21(18,19)12(2)3/h5-7,12,15,17H,4,8-11H2,1-3H3. The van der Waals surface area contributed by atoms with Gasteiger partial charge in [-0.1, -0.05) is 19.1 Å². The number of benzene rings is 1. The molecule has 118 valence electrons. The molecule has 0 spiro atoms. The fourth-order valence-corrected chi connectivity index (χ4v) is 3.50. The van der Waals surface area contributed by atoms with Crippen LogP contribution in [0.1, 0.15) is 44.4 Å². The topological polar surface area (TPSA) is 55.4 Å². The van der Waals surface area contributed by atoms with Gasteiger partial charge in [0.1, 0.15) is 12.4 Å². The molecule has 2 rings (SSSR count). The Hall–Kier alpha value is -1.07. The normalized spacial score (nSPS) is 18.0. The summed E-state index contributed by atoms with van der Waals surface area (Å²) in [5.41, 5.74) is 2.52. The molecule has 5 heteroatoms. The maximum absolute atomic E-state index is 11.8. The predicted octanol–water partition coefficient (Wildman–Crippen LogP) is 2.49. The van der Waals surface area contributed by atoms with Gasteiger partial charge < -0.3 is 10.1 Å². The van der Waals surface area contributed by atoms with E-state index in [1.165, 1.54) is 11.1 Å². The highest BCUT2D eigenvalue weighted by atomic mass is 32.2. The number of ether oxygens (including phenoxy) is 1. The highest BCUT2D eigenvalue weighted by Crippen LogP contribution is 2.36. The van der Waals surface area contributed by atoms with Crippen LogP contribution in [0.25, 0.3) is 0 Å². The van der Waals surface area contributed by atoms with Crippen LogP contribution in [0, 0.1) is 0 Å². The van der Waals surface area contributed by atoms with Gasteiger partial charge in [0.15, 0.2) is 9.84 Å². The number of nitrogens with one attached hydrogen (secondary N) is 1. The van der Waals surface area contributed by atoms with Crippen LogP contribution < -0.4 is 10.1 Å². The highest BCUT2D eigenvalue weighted by molar-refractivity contribution is 7.91. The summed E-state index contributed by atoms with van der Waals surface area (Å²) in [4.78, 5) is 0. The fraction of sp³-hybridized carbons (Fsp3) is 0.625. The summed E-state index contributed by atoms with van der Waals surface area (Å²) in [5.74, 6) is 0.914. The van der Waals surface area contributed by atoms with Crippen molar-refractivity contribution in [1.82, 2.24) is 5.32 Å². The van der Waals surface area contributed by atoms with Crippen LogP contribution in [0.3, 0.4) is 0 Å². The minimum atomic E-state index is -3.04. The van der Waals surface area contributed by atoms with E-state index in [-0.39, 0.29) is 17.6 Å². The van der Waals surface area contributed by atoms with Gasteiger partial charge in [-0.2, -0.15) is 0 Å². The van der Waals surface area contributed by atoms with Crippen LogP contribution in [-0.4, -0.2) is 32.6 Å². The molecule has 1 atom stereocenters. The molecule has 1 aromatic carbocycles. The zero-order valence-electron chi connectivity index (χ0n) is 13.1. The lowest BCUT2D eigenvalue weighted by Crippen LogP contribution is -2.22. The number of hydrogen-bond acceptors (Lipinski definition) is 4. The van der Waals surface area contributed by atoms with Crippen molar-refractivity contribution in [1.29, 1.82) is 0 Å². The molecule has 1 unspecified atom stereocenters. The van der Waals surface area contributed by atoms with Crippen LogP contribution in [0.5, 0.6) is 5.75 Å². The molecule has 1 aliphatic carbocycles. The van der Waals surface area contributed by atoms with Crippen molar-refractivity contribution in [2.45, 2.75) is 44.9 Å². The lowest BCUT2D eigenvalue weighted by molar-refractivity contribution is 0.337. The van der Waals surface area contributed by atoms with Gasteiger partial charge in [0.05, 0.1) is 11.0 Å². The van der Waals surface area contributed by atoms with Crippen molar-refractivity contribution in [3.63, 3.8) is 0 Å². The van der Waals surface area contributed by atoms with Gasteiger partial charge in [-0.05, 0) is 50.4 Å². The lowest BCUT2D eigenvalue weighted by atomic mass is 10.1. The van der Waals surface area contributed by atoms with Gasteiger partial charge >= 0.3 is 0 Å². The summed E-state index contributed by atoms with van der Waals surface area (Å²) >= 11 is 0. The van der Waals surface area contributed by atoms with Crippen LogP contribution in [0.15, 0.2) is 18.2 Å². The molecule has 0 amide bonds. The third-order valence-corrected chi connectivity index (χ3v) is 6.19. The van der Waals surface area contributed by atoms with Crippen molar-refractivity contribution in [3.8, 4) is 5.75 Å². The second-order valence-corrected chi connectivity index (χ2v) is 8.41. The Balaban J connectivity index is 2.03. The Morgan fingerprint density at radius 2 is 2.14 bits per heavy atom. The molecule has 0 radical (unpaired) electrons. The van der Waals surface area contributed by atoms with Gasteiger partial charge in [-0.15, -0.1) is 0 Å². The molecule has 0 aromatic heterocycles. The third-order valence-electron chi connectivity index (χ3n) is 4.02. The smallest absolute Gasteiger partial charge is 0.155 e. The average molecular weight is 311 g/mol. The quantitative estimate of drug-likeness (QED) is 0.840. The minimum Gasteiger partial charge on any atom is -0.492 e. The summed E-state index contributed by atoms with van der Waals surface area (Å²) in [6.07, 6.45) is 2.06. The molecule has 0 saturated carbocycles. The lowest BCUT2D eigenvalue weighted by Gasteiger charge is -2.14. The number of sulfone groups is 1. The van der Waals surface area contributed by atoms with E-state index in [0.717, 1.165) is 25.1 Å². The monoisotopic (exact) mass is 311 g/mol. The van der Waals surface area contributed by atoms with Crippen molar-refractivity contribution < 1.29 is 13.2 Å². The highest BCUT2D eigenvalue weighted by Gasteiger charge is 2.24. The van der Waals surface area contributed by atoms with Crippen LogP contribution in [-0.2, 0) is 16.3 Å². The second-order valence-electron chi connectivity index (χ2n) is 5.74. The molecule has 0 heterocycles. The van der Waals surface area contributed by atoms with E-state index < -0.39 is 9.84 Å². The summed E-state index contributed by atoms with van der Waals surface area (Å²) in [6.45, 7) is 6.69. The average Bonchev–Trinajstić information content (AvgIpc) is 2.83. The number of rotatable bonds is 7. The second kappa shape index (κ2) is 6.79. The van der Waals surface area contributed by atoms with Gasteiger partial charge in [0, 0.05) is 6.04 Å². The van der Waals surface area contributed by atoms with E-state index in [0.29, 0.717) is 6.04 Å². The Kier molecular flexibility index (Phi) is 5.27. The molecule has 0 saturated heterocycles. The van der Waals surface area contributed by atoms with Crippen molar-refractivity contribution in [2.24, 2.45) is 0 Å². The Morgan fingerprint density at radius 3 is 2.81 bits per heavy atom. The summed E-state index contributed by atoms with van der Waals surface area (Å²) in [5, 5.41) is 3.13. The summed E-state index contributed by atoms with van der Waals surface area (Å²) in [6, 6.07) is 6.46. The summed E-state index contributed by atoms with van der Waals surface area (Å²) in [7, 11) is -3.04. The first-order chi connectivity index (χ1) is 9.95. The first-order valence-corrected chi connectivity index (χ1v) is 9.36. The van der Waals surface area contributed by atoms with E-state index in [2.05, 4.69) is 18.3 Å². The fourth-order valence-electron chi connectivity index (χ4n) is 2.72. The van der Waals surface area contributed by atoms with Crippen molar-refractivity contribution in [3.05, 3.63) is 29.3 Å². The molecule has 1 N–H and O–H groups in total. The van der Waals surface area contributed by atoms with Gasteiger partial charge in [0.2, 0.25) is 0 Å². The van der Waals surface area contributed by atoms with Gasteiger partial charge in [0.25, 0.3) is 0 Å². The first kappa shape index (κ1) is 16.3. The van der Waals surface area contributed by atoms with Crippen molar-refractivity contribution in [2.75, 3.05) is 18.9 Å². The Labute approximate surface area is 127 Å². The molecule has 0 fully saturated rings. The molecular weight excluding hydrogens is 286 g/mol. The van der Waals surface area contributed by atoms with Crippen LogP contribution >= 0.6 is 0 Å². The zero-order chi connectivity index (χ0) is 15.5. The zero-order valence-corrected chi connectivity index (χ0v) is 13.9. The summed E-state index contributed by atoms with van der Waals surface area (Å²) < 4.78 is 29.4. The van der Waals surface area contributed by atoms with E-state index in [1.807, 2.05) is 12.1 Å². The van der Waals surface area contributed by atoms with E-state index >= 15 is 0 Å². The largest absolute Gasteiger partial charge is 0.492 e. The van der Waals surface area contributed by atoms with E-state index in [4.69, 9.17) is 4.74 Å². The van der Waals surface area contributed by atoms with Crippen LogP contribution in [0.2, 0.25) is 0 Å². The molecule has 0 bridgehead atoms. The maximum Gasteiger partial charge on any atom is 0.155 e. The van der Waals surface area contributed by atoms with Crippen molar-refractivity contribution >= 4 is 9.84 Å². The van der Waals surface area contributed by atoms with E-state index in [9.17, 15) is 8.42 Å². The molecular formula is C16H25NO3S. The van der Waals surface area contributed by atoms with E-state index in [1.54, 1.807) is 13.8 Å². The van der Waals surface area contributed by atoms with Gasteiger partial charge in [-0.25, -0.2) is 8.42 Å². The van der Waals surface area contributed by atoms with Gasteiger partial charge in [-0.3, -0.25) is 0 Å². The maximum atomic E-state index is 11.8. The molecule has 1 aromatic rings. The molecule has 1 aliphatic rings. The molecule has 21 heavy (non-hydrogen) atoms. The SMILES string of the molecule is CCNC1CCc2c(OCCS(=O)(=O)C(C)C)cccc21. The number of fused-ring (bicyclic) bond motifs is 1. The first-order valence-electron chi connectivity index (χ1n) is 7.65. The number of hydrogen-bond donors (Lipinski definition) is 1. The Bertz CT molecular complexity index is 581. The van der Waals surface area contributed by atoms with Crippen LogP contribution in [0.4, 0.5) is 0 Å². The minimum absolute atomic E-state index is 0.0744. The molecule has 4 nitrogen and oxygen atoms in total. The Morgan fingerprint density at radius 1 is 1.38 bits per heavy atom. The third kappa shape index (κ3) is 3.77. The molecule has 0 aliphatic heterocycles.